The monoisotopic (exact) mass is 380 g/mol. The highest BCUT2D eigenvalue weighted by Gasteiger charge is 2.42. The van der Waals surface area contributed by atoms with Crippen LogP contribution >= 0.6 is 15.9 Å². The van der Waals surface area contributed by atoms with Gasteiger partial charge in [-0.1, -0.05) is 52.2 Å². The molecule has 1 unspecified atom stereocenters. The first-order valence-corrected chi connectivity index (χ1v) is 7.99. The van der Waals surface area contributed by atoms with Crippen LogP contribution < -0.4 is 0 Å². The van der Waals surface area contributed by atoms with Gasteiger partial charge in [-0.15, -0.1) is 6.42 Å². The zero-order valence-corrected chi connectivity index (χ0v) is 15.2. The summed E-state index contributed by atoms with van der Waals surface area (Å²) in [6.07, 6.45) is 5.29. The Kier molecular flexibility index (Phi) is 6.83. The van der Waals surface area contributed by atoms with Gasteiger partial charge in [0.25, 0.3) is 0 Å². The van der Waals surface area contributed by atoms with Gasteiger partial charge in [-0.05, 0) is 32.8 Å². The molecule has 0 saturated carbocycles. The van der Waals surface area contributed by atoms with Crippen molar-refractivity contribution in [3.8, 4) is 12.3 Å². The first kappa shape index (κ1) is 19.2. The van der Waals surface area contributed by atoms with Crippen molar-refractivity contribution in [3.05, 3.63) is 35.9 Å². The first-order chi connectivity index (χ1) is 10.7. The third-order valence-corrected chi connectivity index (χ3v) is 3.86. The second-order valence-corrected chi connectivity index (χ2v) is 7.85. The normalized spacial score (nSPS) is 13.5. The van der Waals surface area contributed by atoms with E-state index in [9.17, 15) is 9.59 Å². The number of carbonyl (C=O) groups is 2. The number of carbonyl (C=O) groups excluding carboxylic acids is 2. The summed E-state index contributed by atoms with van der Waals surface area (Å²) in [4.78, 5) is 24.3. The van der Waals surface area contributed by atoms with Gasteiger partial charge < -0.3 is 9.47 Å². The van der Waals surface area contributed by atoms with Crippen molar-refractivity contribution < 1.29 is 19.1 Å². The number of benzene rings is 1. The van der Waals surface area contributed by atoms with Crippen LogP contribution in [0.15, 0.2) is 30.3 Å². The maximum absolute atomic E-state index is 12.3. The van der Waals surface area contributed by atoms with Crippen LogP contribution in [0.4, 0.5) is 0 Å². The Morgan fingerprint density at radius 2 is 1.74 bits per heavy atom. The number of hydrogen-bond donors (Lipinski definition) is 0. The summed E-state index contributed by atoms with van der Waals surface area (Å²) < 4.78 is 9.28. The predicted octanol–water partition coefficient (Wildman–Crippen LogP) is 3.48. The lowest BCUT2D eigenvalue weighted by atomic mass is 9.83. The van der Waals surface area contributed by atoms with Crippen molar-refractivity contribution in [1.82, 2.24) is 0 Å². The highest BCUT2D eigenvalue weighted by atomic mass is 79.9. The largest absolute Gasteiger partial charge is 0.460 e. The molecule has 1 aromatic rings. The van der Waals surface area contributed by atoms with Gasteiger partial charge >= 0.3 is 11.9 Å². The van der Waals surface area contributed by atoms with E-state index < -0.39 is 15.7 Å². The van der Waals surface area contributed by atoms with Crippen molar-refractivity contribution in [2.24, 2.45) is 5.41 Å². The summed E-state index contributed by atoms with van der Waals surface area (Å²) in [7, 11) is 0. The molecule has 0 saturated heterocycles. The SMILES string of the molecule is C#CCOC(=O)C(C)(Br)CC(C)(C)C(=O)OCc1ccccc1. The molecule has 1 atom stereocenters. The lowest BCUT2D eigenvalue weighted by Crippen LogP contribution is -2.39. The zero-order valence-electron chi connectivity index (χ0n) is 13.6. The molecular formula is C18H21BrO4. The van der Waals surface area contributed by atoms with Crippen LogP contribution in [0.5, 0.6) is 0 Å². The van der Waals surface area contributed by atoms with E-state index in [2.05, 4.69) is 21.9 Å². The molecule has 0 aromatic heterocycles. The highest BCUT2D eigenvalue weighted by Crippen LogP contribution is 2.36. The number of halogens is 1. The van der Waals surface area contributed by atoms with E-state index in [0.29, 0.717) is 0 Å². The smallest absolute Gasteiger partial charge is 0.323 e. The van der Waals surface area contributed by atoms with Crippen LogP contribution in [-0.2, 0) is 25.7 Å². The van der Waals surface area contributed by atoms with Gasteiger partial charge in [-0.3, -0.25) is 9.59 Å². The molecule has 0 N–H and O–H groups in total. The molecule has 23 heavy (non-hydrogen) atoms. The van der Waals surface area contributed by atoms with Gasteiger partial charge in [-0.25, -0.2) is 0 Å². The Hall–Kier alpha value is -1.80. The Labute approximate surface area is 145 Å². The van der Waals surface area contributed by atoms with Crippen molar-refractivity contribution in [1.29, 1.82) is 0 Å². The molecule has 124 valence electrons. The van der Waals surface area contributed by atoms with E-state index in [4.69, 9.17) is 15.9 Å². The van der Waals surface area contributed by atoms with Gasteiger partial charge in [0.15, 0.2) is 6.61 Å². The molecular weight excluding hydrogens is 360 g/mol. The zero-order chi connectivity index (χ0) is 17.5. The fourth-order valence-corrected chi connectivity index (χ4v) is 2.97. The van der Waals surface area contributed by atoms with Crippen molar-refractivity contribution >= 4 is 27.9 Å². The Morgan fingerprint density at radius 1 is 1.13 bits per heavy atom. The van der Waals surface area contributed by atoms with E-state index in [-0.39, 0.29) is 25.6 Å². The topological polar surface area (TPSA) is 52.6 Å². The third-order valence-electron chi connectivity index (χ3n) is 3.25. The molecule has 5 heteroatoms. The number of ether oxygens (including phenoxy) is 2. The van der Waals surface area contributed by atoms with Gasteiger partial charge in [0.05, 0.1) is 5.41 Å². The molecule has 0 amide bonds. The van der Waals surface area contributed by atoms with Gasteiger partial charge in [0, 0.05) is 0 Å². The molecule has 0 spiro atoms. The number of esters is 2. The minimum Gasteiger partial charge on any atom is -0.460 e. The van der Waals surface area contributed by atoms with Crippen molar-refractivity contribution in [3.63, 3.8) is 0 Å². The minimum absolute atomic E-state index is 0.0983. The number of rotatable bonds is 7. The fraction of sp³-hybridized carbons (Fsp3) is 0.444. The quantitative estimate of drug-likeness (QED) is 0.412. The highest BCUT2D eigenvalue weighted by molar-refractivity contribution is 9.10. The van der Waals surface area contributed by atoms with Crippen LogP contribution in [0, 0.1) is 17.8 Å². The fourth-order valence-electron chi connectivity index (χ4n) is 2.15. The average Bonchev–Trinajstić information content (AvgIpc) is 2.50. The Morgan fingerprint density at radius 3 is 2.30 bits per heavy atom. The van der Waals surface area contributed by atoms with Crippen molar-refractivity contribution in [2.75, 3.05) is 6.61 Å². The van der Waals surface area contributed by atoms with E-state index >= 15 is 0 Å². The minimum atomic E-state index is -1.01. The van der Waals surface area contributed by atoms with Crippen molar-refractivity contribution in [2.45, 2.75) is 38.1 Å². The molecule has 0 heterocycles. The van der Waals surface area contributed by atoms with Crippen LogP contribution in [0.25, 0.3) is 0 Å². The number of alkyl halides is 1. The molecule has 4 nitrogen and oxygen atoms in total. The Bertz CT molecular complexity index is 585. The standard InChI is InChI=1S/C18H21BrO4/c1-5-11-22-16(21)18(4,19)13-17(2,3)15(20)23-12-14-9-7-6-8-10-14/h1,6-10H,11-13H2,2-4H3. The summed E-state index contributed by atoms with van der Waals surface area (Å²) >= 11 is 3.33. The third kappa shape index (κ3) is 6.07. The molecule has 0 radical (unpaired) electrons. The van der Waals surface area contributed by atoms with Crippen LogP contribution in [0.3, 0.4) is 0 Å². The maximum Gasteiger partial charge on any atom is 0.323 e. The molecule has 0 aliphatic rings. The Balaban J connectivity index is 2.64. The number of hydrogen-bond acceptors (Lipinski definition) is 4. The molecule has 0 aliphatic heterocycles. The van der Waals surface area contributed by atoms with Gasteiger partial charge in [-0.2, -0.15) is 0 Å². The van der Waals surface area contributed by atoms with Gasteiger partial charge in [0.1, 0.15) is 10.9 Å². The molecule has 0 aliphatic carbocycles. The van der Waals surface area contributed by atoms with E-state index in [1.807, 2.05) is 30.3 Å². The predicted molar refractivity (Wildman–Crippen MR) is 91.8 cm³/mol. The molecule has 1 aromatic carbocycles. The van der Waals surface area contributed by atoms with E-state index in [1.165, 1.54) is 0 Å². The van der Waals surface area contributed by atoms with Crippen LogP contribution in [0.2, 0.25) is 0 Å². The second kappa shape index (κ2) is 8.16. The average molecular weight is 381 g/mol. The van der Waals surface area contributed by atoms with E-state index in [1.54, 1.807) is 20.8 Å². The lowest BCUT2D eigenvalue weighted by molar-refractivity contribution is -0.157. The first-order valence-electron chi connectivity index (χ1n) is 7.20. The summed E-state index contributed by atoms with van der Waals surface area (Å²) in [5, 5.41) is 0. The van der Waals surface area contributed by atoms with Gasteiger partial charge in [0.2, 0.25) is 0 Å². The van der Waals surface area contributed by atoms with Crippen LogP contribution in [0.1, 0.15) is 32.8 Å². The summed E-state index contributed by atoms with van der Waals surface area (Å²) in [5.41, 5.74) is 0.0500. The second-order valence-electron chi connectivity index (χ2n) is 6.10. The van der Waals surface area contributed by atoms with E-state index in [0.717, 1.165) is 5.56 Å². The summed E-state index contributed by atoms with van der Waals surface area (Å²) in [6, 6.07) is 9.42. The molecule has 1 rings (SSSR count). The lowest BCUT2D eigenvalue weighted by Gasteiger charge is -2.30. The maximum atomic E-state index is 12.3. The molecule has 0 bridgehead atoms. The summed E-state index contributed by atoms with van der Waals surface area (Å²) in [6.45, 7) is 5.21. The van der Waals surface area contributed by atoms with Crippen LogP contribution in [-0.4, -0.2) is 22.9 Å². The molecule has 0 fully saturated rings. The summed E-state index contributed by atoms with van der Waals surface area (Å²) in [5.74, 6) is 1.36. The number of terminal acetylenes is 1.